The van der Waals surface area contributed by atoms with Crippen LogP contribution in [0.15, 0.2) is 24.4 Å². The van der Waals surface area contributed by atoms with Gasteiger partial charge in [-0.05, 0) is 37.7 Å². The summed E-state index contributed by atoms with van der Waals surface area (Å²) in [5, 5.41) is 7.03. The quantitative estimate of drug-likeness (QED) is 0.429. The molecule has 0 radical (unpaired) electrons. The molecular formula is C22H23F4N7O. The molecule has 1 saturated heterocycles. The van der Waals surface area contributed by atoms with Gasteiger partial charge in [0.25, 0.3) is 5.92 Å². The number of fused-ring (bicyclic) bond motifs is 2. The number of likely N-dealkylation sites (N-methyl/N-ethyl adjacent to an activating group) is 1. The standard InChI is InChI=1S/C22H23F4N7O/c1-12-27-18-15(24)8-13(9-16(18)32(12)7-5-23)14-4-6-33-19(14)20(34-3)29-21(30-33)28-17-10-31(2)11-22(17,25)26/h4,6,8-9,17H,5,7,10-11H2,1-3H3,(H,28,30). The minimum Gasteiger partial charge on any atom is -0.479 e. The van der Waals surface area contributed by atoms with E-state index in [1.807, 2.05) is 0 Å². The Hall–Kier alpha value is -3.41. The summed E-state index contributed by atoms with van der Waals surface area (Å²) in [6.45, 7) is 0.924. The predicted molar refractivity (Wildman–Crippen MR) is 119 cm³/mol. The maximum Gasteiger partial charge on any atom is 0.281 e. The predicted octanol–water partition coefficient (Wildman–Crippen LogP) is 3.53. The third-order valence-electron chi connectivity index (χ3n) is 6.08. The highest BCUT2D eigenvalue weighted by Gasteiger charge is 2.47. The van der Waals surface area contributed by atoms with Crippen LogP contribution >= 0.6 is 0 Å². The molecule has 0 saturated carbocycles. The third kappa shape index (κ3) is 3.61. The highest BCUT2D eigenvalue weighted by molar-refractivity contribution is 5.90. The van der Waals surface area contributed by atoms with E-state index in [0.29, 0.717) is 28.0 Å². The zero-order chi connectivity index (χ0) is 24.2. The maximum absolute atomic E-state index is 14.9. The van der Waals surface area contributed by atoms with Crippen LogP contribution in [0.2, 0.25) is 0 Å². The van der Waals surface area contributed by atoms with Crippen molar-refractivity contribution in [3.63, 3.8) is 0 Å². The van der Waals surface area contributed by atoms with Crippen LogP contribution in [0.3, 0.4) is 0 Å². The highest BCUT2D eigenvalue weighted by Crippen LogP contribution is 2.35. The Morgan fingerprint density at radius 1 is 1.26 bits per heavy atom. The summed E-state index contributed by atoms with van der Waals surface area (Å²) in [4.78, 5) is 10.0. The summed E-state index contributed by atoms with van der Waals surface area (Å²) in [6, 6.07) is 3.62. The molecule has 0 amide bonds. The number of imidazole rings is 1. The van der Waals surface area contributed by atoms with Crippen molar-refractivity contribution >= 4 is 22.5 Å². The molecule has 5 rings (SSSR count). The molecular weight excluding hydrogens is 454 g/mol. The van der Waals surface area contributed by atoms with E-state index in [1.54, 1.807) is 36.9 Å². The molecule has 8 nitrogen and oxygen atoms in total. The van der Waals surface area contributed by atoms with Crippen molar-refractivity contribution in [1.29, 1.82) is 0 Å². The van der Waals surface area contributed by atoms with Crippen molar-refractivity contribution < 1.29 is 22.3 Å². The second-order valence-electron chi connectivity index (χ2n) is 8.45. The summed E-state index contributed by atoms with van der Waals surface area (Å²) in [5.41, 5.74) is 2.14. The van der Waals surface area contributed by atoms with Gasteiger partial charge in [-0.3, -0.25) is 4.90 Å². The first-order valence-electron chi connectivity index (χ1n) is 10.7. The first-order chi connectivity index (χ1) is 16.2. The van der Waals surface area contributed by atoms with Gasteiger partial charge in [-0.2, -0.15) is 4.98 Å². The summed E-state index contributed by atoms with van der Waals surface area (Å²) in [5.74, 6) is -2.84. The van der Waals surface area contributed by atoms with E-state index in [-0.39, 0.29) is 37.0 Å². The summed E-state index contributed by atoms with van der Waals surface area (Å²) in [6.07, 6.45) is 1.62. The number of nitrogens with one attached hydrogen (secondary N) is 1. The normalized spacial score (nSPS) is 18.3. The summed E-state index contributed by atoms with van der Waals surface area (Å²) in [7, 11) is 3.03. The summed E-state index contributed by atoms with van der Waals surface area (Å²) < 4.78 is 65.0. The Morgan fingerprint density at radius 2 is 2.06 bits per heavy atom. The van der Waals surface area contributed by atoms with Crippen molar-refractivity contribution in [2.24, 2.45) is 0 Å². The van der Waals surface area contributed by atoms with Crippen LogP contribution in [0.1, 0.15) is 5.82 Å². The molecule has 1 aliphatic heterocycles. The highest BCUT2D eigenvalue weighted by atomic mass is 19.3. The molecule has 3 aromatic heterocycles. The Bertz CT molecular complexity index is 1380. The SMILES string of the molecule is COc1nc(NC2CN(C)CC2(F)F)nn2ccc(-c3cc(F)c4nc(C)n(CCF)c4c3)c12. The Labute approximate surface area is 192 Å². The van der Waals surface area contributed by atoms with Gasteiger partial charge in [0.1, 0.15) is 29.6 Å². The third-order valence-corrected chi connectivity index (χ3v) is 6.08. The first kappa shape index (κ1) is 22.4. The van der Waals surface area contributed by atoms with E-state index in [9.17, 15) is 17.6 Å². The number of halogens is 4. The van der Waals surface area contributed by atoms with E-state index in [2.05, 4.69) is 20.4 Å². The smallest absolute Gasteiger partial charge is 0.281 e. The van der Waals surface area contributed by atoms with Gasteiger partial charge in [-0.15, -0.1) is 5.10 Å². The van der Waals surface area contributed by atoms with Crippen molar-refractivity contribution in [1.82, 2.24) is 29.0 Å². The molecule has 1 aliphatic rings. The van der Waals surface area contributed by atoms with Gasteiger partial charge in [0.15, 0.2) is 5.82 Å². The van der Waals surface area contributed by atoms with Gasteiger partial charge in [0, 0.05) is 18.3 Å². The Balaban J connectivity index is 1.59. The lowest BCUT2D eigenvalue weighted by Gasteiger charge is -2.19. The molecule has 1 fully saturated rings. The number of anilines is 1. The van der Waals surface area contributed by atoms with Gasteiger partial charge >= 0.3 is 0 Å². The number of ether oxygens (including phenoxy) is 1. The van der Waals surface area contributed by atoms with Gasteiger partial charge < -0.3 is 14.6 Å². The van der Waals surface area contributed by atoms with E-state index in [0.717, 1.165) is 0 Å². The molecule has 0 bridgehead atoms. The minimum atomic E-state index is -2.93. The fourth-order valence-corrected chi connectivity index (χ4v) is 4.54. The maximum atomic E-state index is 14.9. The number of methoxy groups -OCH3 is 1. The Kier molecular flexibility index (Phi) is 5.34. The molecule has 0 spiro atoms. The number of hydrogen-bond donors (Lipinski definition) is 1. The molecule has 1 N–H and O–H groups in total. The molecule has 34 heavy (non-hydrogen) atoms. The fourth-order valence-electron chi connectivity index (χ4n) is 4.54. The van der Waals surface area contributed by atoms with E-state index >= 15 is 0 Å². The summed E-state index contributed by atoms with van der Waals surface area (Å²) >= 11 is 0. The van der Waals surface area contributed by atoms with Crippen LogP contribution in [-0.4, -0.2) is 74.9 Å². The number of likely N-dealkylation sites (tertiary alicyclic amines) is 1. The van der Waals surface area contributed by atoms with Gasteiger partial charge in [0.2, 0.25) is 11.8 Å². The fraction of sp³-hybridized carbons (Fsp3) is 0.409. The second-order valence-corrected chi connectivity index (χ2v) is 8.45. The van der Waals surface area contributed by atoms with Crippen LogP contribution < -0.4 is 10.1 Å². The van der Waals surface area contributed by atoms with Crippen LogP contribution in [0.5, 0.6) is 5.88 Å². The zero-order valence-electron chi connectivity index (χ0n) is 18.8. The van der Waals surface area contributed by atoms with Gasteiger partial charge in [-0.25, -0.2) is 27.1 Å². The largest absolute Gasteiger partial charge is 0.479 e. The van der Waals surface area contributed by atoms with Gasteiger partial charge in [0.05, 0.1) is 25.7 Å². The van der Waals surface area contributed by atoms with Crippen LogP contribution in [-0.2, 0) is 6.54 Å². The van der Waals surface area contributed by atoms with Crippen LogP contribution in [0.25, 0.3) is 27.7 Å². The number of nitrogens with zero attached hydrogens (tertiary/aromatic N) is 6. The molecule has 180 valence electrons. The lowest BCUT2D eigenvalue weighted by molar-refractivity contribution is 0.00583. The minimum absolute atomic E-state index is 0.00949. The molecule has 12 heteroatoms. The molecule has 1 aromatic carbocycles. The molecule has 4 aromatic rings. The van der Waals surface area contributed by atoms with Gasteiger partial charge in [-0.1, -0.05) is 0 Å². The number of benzene rings is 1. The molecule has 1 atom stereocenters. The Morgan fingerprint density at radius 3 is 2.74 bits per heavy atom. The number of aryl methyl sites for hydroxylation is 2. The number of rotatable bonds is 6. The van der Waals surface area contributed by atoms with Crippen molar-refractivity contribution in [2.75, 3.05) is 39.2 Å². The second kappa shape index (κ2) is 8.12. The topological polar surface area (TPSA) is 72.5 Å². The van der Waals surface area contributed by atoms with Crippen molar-refractivity contribution in [2.45, 2.75) is 25.4 Å². The van der Waals surface area contributed by atoms with E-state index < -0.39 is 24.5 Å². The number of hydrogen-bond acceptors (Lipinski definition) is 6. The monoisotopic (exact) mass is 477 g/mol. The molecule has 1 unspecified atom stereocenters. The van der Waals surface area contributed by atoms with E-state index in [4.69, 9.17) is 4.74 Å². The number of aromatic nitrogens is 5. The lowest BCUT2D eigenvalue weighted by atomic mass is 10.1. The lowest BCUT2D eigenvalue weighted by Crippen LogP contribution is -2.38. The number of alkyl halides is 3. The zero-order valence-corrected chi connectivity index (χ0v) is 18.8. The van der Waals surface area contributed by atoms with Crippen molar-refractivity contribution in [3.8, 4) is 17.0 Å². The van der Waals surface area contributed by atoms with Crippen LogP contribution in [0.4, 0.5) is 23.5 Å². The molecule has 0 aliphatic carbocycles. The first-order valence-corrected chi connectivity index (χ1v) is 10.7. The molecule has 4 heterocycles. The average molecular weight is 477 g/mol. The van der Waals surface area contributed by atoms with Crippen LogP contribution in [0, 0.1) is 12.7 Å². The average Bonchev–Trinajstić information content (AvgIpc) is 3.42. The van der Waals surface area contributed by atoms with Crippen molar-refractivity contribution in [3.05, 3.63) is 36.0 Å². The van der Waals surface area contributed by atoms with E-state index in [1.165, 1.54) is 22.6 Å².